The molecule has 2 saturated heterocycles. The fourth-order valence-corrected chi connectivity index (χ4v) is 5.85. The van der Waals surface area contributed by atoms with Gasteiger partial charge in [0.1, 0.15) is 0 Å². The van der Waals surface area contributed by atoms with Gasteiger partial charge in [-0.15, -0.1) is 11.3 Å². The third-order valence-electron chi connectivity index (χ3n) is 6.17. The summed E-state index contributed by atoms with van der Waals surface area (Å²) in [4.78, 5) is 28.9. The molecule has 0 aliphatic carbocycles. The third kappa shape index (κ3) is 5.73. The smallest absolute Gasteiger partial charge is 0.290 e. The summed E-state index contributed by atoms with van der Waals surface area (Å²) in [5, 5.41) is 6.89. The Morgan fingerprint density at radius 1 is 1.16 bits per heavy atom. The standard InChI is InChI=1S/C23H30N2O2S.CH2O2/c1-3-19-9-10-20(28-19)15-24-13-18-14-25(22(26)11-12-27-2)23(21(18)16-24)17-7-5-4-6-8-17;2-1-3/h4-10,18,21,23H,3,11-16H2,1-2H3;1H,(H,2,3)/t18-,21-,23+;/m0./s1. The van der Waals surface area contributed by atoms with Gasteiger partial charge < -0.3 is 14.7 Å². The van der Waals surface area contributed by atoms with Crippen LogP contribution in [0.5, 0.6) is 0 Å². The summed E-state index contributed by atoms with van der Waals surface area (Å²) in [7, 11) is 1.66. The van der Waals surface area contributed by atoms with Crippen molar-refractivity contribution in [2.45, 2.75) is 32.4 Å². The fourth-order valence-electron chi connectivity index (χ4n) is 4.85. The second kappa shape index (κ2) is 11.4. The van der Waals surface area contributed by atoms with Crippen LogP contribution in [0.15, 0.2) is 42.5 Å². The molecular formula is C24H32N2O4S. The molecule has 3 atom stereocenters. The number of thiophene rings is 1. The van der Waals surface area contributed by atoms with E-state index in [0.717, 1.165) is 32.6 Å². The molecule has 0 spiro atoms. The van der Waals surface area contributed by atoms with Crippen molar-refractivity contribution in [2.75, 3.05) is 33.4 Å². The Balaban J connectivity index is 0.000000858. The molecule has 31 heavy (non-hydrogen) atoms. The van der Waals surface area contributed by atoms with Gasteiger partial charge in [0.05, 0.1) is 19.1 Å². The predicted molar refractivity (Wildman–Crippen MR) is 122 cm³/mol. The molecule has 7 heteroatoms. The SMILES string of the molecule is CCc1ccc(CN2C[C@H]3CN(C(=O)CCOC)[C@H](c4ccccc4)[C@H]3C2)s1.O=CO. The molecule has 1 aromatic carbocycles. The van der Waals surface area contributed by atoms with Crippen LogP contribution in [0.25, 0.3) is 0 Å². The number of ether oxygens (including phenoxy) is 1. The zero-order chi connectivity index (χ0) is 22.2. The van der Waals surface area contributed by atoms with Gasteiger partial charge in [0.15, 0.2) is 0 Å². The van der Waals surface area contributed by atoms with Crippen LogP contribution in [0.3, 0.4) is 0 Å². The van der Waals surface area contributed by atoms with Crippen molar-refractivity contribution in [1.82, 2.24) is 9.80 Å². The Bertz CT molecular complexity index is 841. The average molecular weight is 445 g/mol. The number of methoxy groups -OCH3 is 1. The maximum atomic E-state index is 12.9. The second-order valence-electron chi connectivity index (χ2n) is 8.09. The van der Waals surface area contributed by atoms with Crippen molar-refractivity contribution in [3.05, 3.63) is 57.8 Å². The molecule has 0 bridgehead atoms. The Hall–Kier alpha value is -2.22. The fraction of sp³-hybridized carbons (Fsp3) is 0.500. The summed E-state index contributed by atoms with van der Waals surface area (Å²) >= 11 is 1.94. The third-order valence-corrected chi connectivity index (χ3v) is 7.38. The number of hydrogen-bond donors (Lipinski definition) is 1. The molecule has 168 valence electrons. The molecule has 4 rings (SSSR count). The van der Waals surface area contributed by atoms with E-state index in [1.54, 1.807) is 7.11 Å². The van der Waals surface area contributed by atoms with E-state index in [1.807, 2.05) is 11.3 Å². The Morgan fingerprint density at radius 3 is 2.52 bits per heavy atom. The number of hydrogen-bond acceptors (Lipinski definition) is 5. The maximum Gasteiger partial charge on any atom is 0.290 e. The Morgan fingerprint density at radius 2 is 1.87 bits per heavy atom. The van der Waals surface area contributed by atoms with Gasteiger partial charge in [-0.05, 0) is 30.0 Å². The summed E-state index contributed by atoms with van der Waals surface area (Å²) in [5.41, 5.74) is 1.27. The Labute approximate surface area is 188 Å². The van der Waals surface area contributed by atoms with Gasteiger partial charge in [-0.3, -0.25) is 14.5 Å². The Kier molecular flexibility index (Phi) is 8.63. The van der Waals surface area contributed by atoms with Crippen LogP contribution in [0.2, 0.25) is 0 Å². The average Bonchev–Trinajstić information content (AvgIpc) is 3.47. The van der Waals surface area contributed by atoms with Crippen LogP contribution in [-0.2, 0) is 27.3 Å². The number of likely N-dealkylation sites (tertiary alicyclic amines) is 2. The lowest BCUT2D eigenvalue weighted by Gasteiger charge is -2.30. The van der Waals surface area contributed by atoms with Crippen molar-refractivity contribution in [1.29, 1.82) is 0 Å². The first-order chi connectivity index (χ1) is 15.1. The van der Waals surface area contributed by atoms with Crippen molar-refractivity contribution in [3.8, 4) is 0 Å². The zero-order valence-corrected chi connectivity index (χ0v) is 19.1. The molecule has 0 unspecified atom stereocenters. The lowest BCUT2D eigenvalue weighted by atomic mass is 9.89. The number of benzene rings is 1. The molecule has 6 nitrogen and oxygen atoms in total. The highest BCUT2D eigenvalue weighted by molar-refractivity contribution is 7.11. The van der Waals surface area contributed by atoms with Crippen molar-refractivity contribution < 1.29 is 19.4 Å². The van der Waals surface area contributed by atoms with E-state index in [9.17, 15) is 4.79 Å². The number of nitrogens with zero attached hydrogens (tertiary/aromatic N) is 2. The minimum Gasteiger partial charge on any atom is -0.483 e. The molecule has 2 aliphatic rings. The summed E-state index contributed by atoms with van der Waals surface area (Å²) in [5.74, 6) is 1.30. The van der Waals surface area contributed by atoms with Gasteiger partial charge in [0.2, 0.25) is 5.91 Å². The second-order valence-corrected chi connectivity index (χ2v) is 9.34. The molecule has 2 aliphatic heterocycles. The highest BCUT2D eigenvalue weighted by Crippen LogP contribution is 2.45. The van der Waals surface area contributed by atoms with E-state index in [-0.39, 0.29) is 18.4 Å². The summed E-state index contributed by atoms with van der Waals surface area (Å²) in [6, 6.07) is 15.3. The molecule has 0 saturated carbocycles. The zero-order valence-electron chi connectivity index (χ0n) is 18.3. The number of fused-ring (bicyclic) bond motifs is 1. The van der Waals surface area contributed by atoms with E-state index in [4.69, 9.17) is 14.6 Å². The first kappa shape index (κ1) is 23.4. The summed E-state index contributed by atoms with van der Waals surface area (Å²) < 4.78 is 5.15. The van der Waals surface area contributed by atoms with Gasteiger partial charge in [-0.1, -0.05) is 37.3 Å². The normalized spacial score (nSPS) is 22.6. The monoisotopic (exact) mass is 444 g/mol. The number of aryl methyl sites for hydroxylation is 1. The van der Waals surface area contributed by atoms with Gasteiger partial charge in [-0.25, -0.2) is 0 Å². The molecule has 1 aromatic heterocycles. The van der Waals surface area contributed by atoms with E-state index in [1.165, 1.54) is 15.3 Å². The quantitative estimate of drug-likeness (QED) is 0.660. The first-order valence-corrected chi connectivity index (χ1v) is 11.6. The molecule has 2 aromatic rings. The van der Waals surface area contributed by atoms with Crippen LogP contribution in [0, 0.1) is 11.8 Å². The van der Waals surface area contributed by atoms with E-state index >= 15 is 0 Å². The summed E-state index contributed by atoms with van der Waals surface area (Å²) in [6.07, 6.45) is 1.59. The molecule has 1 N–H and O–H groups in total. The number of rotatable bonds is 7. The van der Waals surface area contributed by atoms with Crippen LogP contribution < -0.4 is 0 Å². The number of amides is 1. The van der Waals surface area contributed by atoms with Crippen molar-refractivity contribution in [2.24, 2.45) is 11.8 Å². The van der Waals surface area contributed by atoms with Gasteiger partial charge in [0, 0.05) is 49.0 Å². The lowest BCUT2D eigenvalue weighted by Crippen LogP contribution is -2.36. The molecule has 3 heterocycles. The highest BCUT2D eigenvalue weighted by atomic mass is 32.1. The van der Waals surface area contributed by atoms with Crippen LogP contribution in [0.4, 0.5) is 0 Å². The predicted octanol–water partition coefficient (Wildman–Crippen LogP) is 3.68. The van der Waals surface area contributed by atoms with Crippen molar-refractivity contribution in [3.63, 3.8) is 0 Å². The van der Waals surface area contributed by atoms with Crippen LogP contribution >= 0.6 is 11.3 Å². The van der Waals surface area contributed by atoms with Crippen molar-refractivity contribution >= 4 is 23.7 Å². The number of carboxylic acid groups (broad SMARTS) is 1. The molecule has 1 amide bonds. The lowest BCUT2D eigenvalue weighted by molar-refractivity contribution is -0.133. The highest BCUT2D eigenvalue weighted by Gasteiger charge is 2.48. The number of carbonyl (C=O) groups excluding carboxylic acids is 1. The molecule has 2 fully saturated rings. The van der Waals surface area contributed by atoms with Gasteiger partial charge >= 0.3 is 0 Å². The first-order valence-electron chi connectivity index (χ1n) is 10.8. The molecular weight excluding hydrogens is 412 g/mol. The van der Waals surface area contributed by atoms with E-state index < -0.39 is 0 Å². The van der Waals surface area contributed by atoms with Gasteiger partial charge in [0.25, 0.3) is 6.47 Å². The minimum atomic E-state index is -0.250. The molecule has 0 radical (unpaired) electrons. The number of carbonyl (C=O) groups is 2. The van der Waals surface area contributed by atoms with E-state index in [2.05, 4.69) is 59.2 Å². The minimum absolute atomic E-state index is 0.190. The largest absolute Gasteiger partial charge is 0.483 e. The summed E-state index contributed by atoms with van der Waals surface area (Å²) in [6.45, 7) is 6.52. The van der Waals surface area contributed by atoms with Crippen LogP contribution in [0.1, 0.15) is 34.7 Å². The van der Waals surface area contributed by atoms with Crippen LogP contribution in [-0.4, -0.2) is 60.6 Å². The maximum absolute atomic E-state index is 12.9. The topological polar surface area (TPSA) is 70.1 Å². The van der Waals surface area contributed by atoms with E-state index in [0.29, 0.717) is 24.9 Å². The van der Waals surface area contributed by atoms with Gasteiger partial charge in [-0.2, -0.15) is 0 Å².